The van der Waals surface area contributed by atoms with E-state index in [9.17, 15) is 19.2 Å². The van der Waals surface area contributed by atoms with Crippen LogP contribution in [-0.4, -0.2) is 40.8 Å². The van der Waals surface area contributed by atoms with Gasteiger partial charge in [-0.05, 0) is 19.9 Å². The highest BCUT2D eigenvalue weighted by Gasteiger charge is 2.17. The zero-order chi connectivity index (χ0) is 17.7. The maximum absolute atomic E-state index is 12.1. The number of nitrogens with one attached hydrogen (secondary N) is 3. The van der Waals surface area contributed by atoms with E-state index in [0.29, 0.717) is 5.39 Å². The van der Waals surface area contributed by atoms with Crippen molar-refractivity contribution < 1.29 is 19.1 Å². The third-order valence-corrected chi connectivity index (χ3v) is 2.90. The molecule has 3 amide bonds. The lowest BCUT2D eigenvalue weighted by Crippen LogP contribution is -2.44. The monoisotopic (exact) mass is 332 g/mol. The molecule has 126 valence electrons. The average molecular weight is 332 g/mol. The third-order valence-electron chi connectivity index (χ3n) is 2.90. The lowest BCUT2D eigenvalue weighted by Gasteiger charge is -2.09. The second-order valence-electron chi connectivity index (χ2n) is 5.20. The lowest BCUT2D eigenvalue weighted by molar-refractivity contribution is -0.123. The smallest absolute Gasteiger partial charge is 0.359 e. The van der Waals surface area contributed by atoms with Crippen LogP contribution in [0.4, 0.5) is 4.79 Å². The van der Waals surface area contributed by atoms with Crippen LogP contribution in [0, 0.1) is 0 Å². The zero-order valence-electron chi connectivity index (χ0n) is 13.1. The number of hydrogen-bond acceptors (Lipinski definition) is 6. The molecule has 0 saturated carbocycles. The molecule has 2 rings (SSSR count). The Labute approximate surface area is 136 Å². The van der Waals surface area contributed by atoms with Gasteiger partial charge in [-0.1, -0.05) is 18.2 Å². The van der Waals surface area contributed by atoms with Gasteiger partial charge in [0.05, 0.1) is 5.39 Å². The molecule has 0 atom stereocenters. The first-order valence-electron chi connectivity index (χ1n) is 7.13. The van der Waals surface area contributed by atoms with Crippen LogP contribution in [0.1, 0.15) is 24.3 Å². The molecule has 0 saturated heterocycles. The molecular weight excluding hydrogens is 316 g/mol. The number of ether oxygens (including phenoxy) is 1. The fourth-order valence-corrected chi connectivity index (χ4v) is 1.93. The minimum absolute atomic E-state index is 0.121. The minimum Gasteiger partial charge on any atom is -0.451 e. The number of H-pyrrole nitrogens is 1. The predicted molar refractivity (Wildman–Crippen MR) is 84.5 cm³/mol. The molecule has 0 aliphatic carbocycles. The van der Waals surface area contributed by atoms with E-state index in [1.165, 1.54) is 6.07 Å². The molecule has 0 aliphatic rings. The molecule has 0 aliphatic heterocycles. The van der Waals surface area contributed by atoms with Crippen molar-refractivity contribution in [1.29, 1.82) is 0 Å². The Bertz CT molecular complexity index is 843. The maximum atomic E-state index is 12.1. The highest BCUT2D eigenvalue weighted by molar-refractivity contribution is 6.03. The molecule has 24 heavy (non-hydrogen) atoms. The number of amides is 3. The fourth-order valence-electron chi connectivity index (χ4n) is 1.93. The zero-order valence-corrected chi connectivity index (χ0v) is 13.1. The molecule has 0 bridgehead atoms. The van der Waals surface area contributed by atoms with Gasteiger partial charge in [-0.15, -0.1) is 0 Å². The number of aromatic nitrogens is 2. The average Bonchev–Trinajstić information content (AvgIpc) is 2.52. The van der Waals surface area contributed by atoms with E-state index in [-0.39, 0.29) is 17.1 Å². The van der Waals surface area contributed by atoms with Crippen LogP contribution in [0.3, 0.4) is 0 Å². The normalized spacial score (nSPS) is 10.5. The summed E-state index contributed by atoms with van der Waals surface area (Å²) in [5.74, 6) is -1.67. The van der Waals surface area contributed by atoms with E-state index < -0.39 is 30.1 Å². The van der Waals surface area contributed by atoms with Gasteiger partial charge in [-0.3, -0.25) is 14.9 Å². The van der Waals surface area contributed by atoms with Crippen molar-refractivity contribution in [2.45, 2.75) is 19.9 Å². The number of aromatic amines is 1. The Hall–Kier alpha value is -3.23. The Morgan fingerprint density at radius 2 is 1.88 bits per heavy atom. The van der Waals surface area contributed by atoms with Gasteiger partial charge in [0.15, 0.2) is 12.3 Å². The molecule has 9 nitrogen and oxygen atoms in total. The molecule has 0 radical (unpaired) electrons. The second kappa shape index (κ2) is 7.36. The predicted octanol–water partition coefficient (Wildman–Crippen LogP) is 0.314. The highest BCUT2D eigenvalue weighted by atomic mass is 16.5. The summed E-state index contributed by atoms with van der Waals surface area (Å²) in [6.07, 6.45) is 0. The molecule has 1 aromatic carbocycles. The van der Waals surface area contributed by atoms with Crippen molar-refractivity contribution in [3.8, 4) is 0 Å². The third kappa shape index (κ3) is 4.15. The Balaban J connectivity index is 2.04. The SMILES string of the molecule is CC(C)NC(=O)NC(=O)COC(=O)c1n[nH]c(=O)c2ccccc12. The Kier molecular flexibility index (Phi) is 5.25. The van der Waals surface area contributed by atoms with Gasteiger partial charge in [0.2, 0.25) is 0 Å². The number of benzene rings is 1. The minimum atomic E-state index is -0.887. The van der Waals surface area contributed by atoms with Gasteiger partial charge in [0.1, 0.15) is 0 Å². The number of carbonyl (C=O) groups is 3. The second-order valence-corrected chi connectivity index (χ2v) is 5.20. The van der Waals surface area contributed by atoms with Crippen molar-refractivity contribution in [1.82, 2.24) is 20.8 Å². The van der Waals surface area contributed by atoms with E-state index >= 15 is 0 Å². The van der Waals surface area contributed by atoms with Gasteiger partial charge in [0.25, 0.3) is 11.5 Å². The van der Waals surface area contributed by atoms with Gasteiger partial charge in [0, 0.05) is 11.4 Å². The van der Waals surface area contributed by atoms with Crippen molar-refractivity contribution in [2.24, 2.45) is 0 Å². The van der Waals surface area contributed by atoms with E-state index in [4.69, 9.17) is 4.74 Å². The summed E-state index contributed by atoms with van der Waals surface area (Å²) < 4.78 is 4.83. The molecule has 1 aromatic heterocycles. The number of esters is 1. The quantitative estimate of drug-likeness (QED) is 0.691. The largest absolute Gasteiger partial charge is 0.451 e. The fraction of sp³-hybridized carbons (Fsp3) is 0.267. The van der Waals surface area contributed by atoms with Crippen molar-refractivity contribution in [3.63, 3.8) is 0 Å². The van der Waals surface area contributed by atoms with E-state index in [1.54, 1.807) is 32.0 Å². The number of carbonyl (C=O) groups excluding carboxylic acids is 3. The summed E-state index contributed by atoms with van der Waals surface area (Å²) in [5, 5.41) is 10.9. The summed E-state index contributed by atoms with van der Waals surface area (Å²) in [7, 11) is 0. The van der Waals surface area contributed by atoms with Crippen LogP contribution >= 0.6 is 0 Å². The van der Waals surface area contributed by atoms with Crippen LogP contribution in [-0.2, 0) is 9.53 Å². The molecule has 0 spiro atoms. The molecule has 3 N–H and O–H groups in total. The van der Waals surface area contributed by atoms with Gasteiger partial charge in [-0.25, -0.2) is 14.7 Å². The first-order chi connectivity index (χ1) is 11.4. The van der Waals surface area contributed by atoms with E-state index in [0.717, 1.165) is 0 Å². The number of nitrogens with zero attached hydrogens (tertiary/aromatic N) is 1. The highest BCUT2D eigenvalue weighted by Crippen LogP contribution is 2.13. The summed E-state index contributed by atoms with van der Waals surface area (Å²) in [4.78, 5) is 46.6. The molecular formula is C15H16N4O5. The lowest BCUT2D eigenvalue weighted by atomic mass is 10.1. The van der Waals surface area contributed by atoms with Gasteiger partial charge < -0.3 is 10.1 Å². The van der Waals surface area contributed by atoms with Crippen molar-refractivity contribution in [3.05, 3.63) is 40.3 Å². The van der Waals surface area contributed by atoms with Gasteiger partial charge >= 0.3 is 12.0 Å². The number of urea groups is 1. The summed E-state index contributed by atoms with van der Waals surface area (Å²) in [6, 6.07) is 5.55. The van der Waals surface area contributed by atoms with Crippen LogP contribution in [0.25, 0.3) is 10.8 Å². The first-order valence-corrected chi connectivity index (χ1v) is 7.13. The van der Waals surface area contributed by atoms with Crippen molar-refractivity contribution in [2.75, 3.05) is 6.61 Å². The number of imide groups is 1. The van der Waals surface area contributed by atoms with Crippen LogP contribution in [0.2, 0.25) is 0 Å². The van der Waals surface area contributed by atoms with Crippen LogP contribution in [0.5, 0.6) is 0 Å². The van der Waals surface area contributed by atoms with Crippen LogP contribution < -0.4 is 16.2 Å². The molecule has 2 aromatic rings. The molecule has 1 heterocycles. The standard InChI is InChI=1S/C15H16N4O5/c1-8(2)16-15(23)17-11(20)7-24-14(22)12-9-5-3-4-6-10(9)13(21)19-18-12/h3-6,8H,7H2,1-2H3,(H,19,21)(H2,16,17,20,23). The first kappa shape index (κ1) is 17.1. The maximum Gasteiger partial charge on any atom is 0.359 e. The number of fused-ring (bicyclic) bond motifs is 1. The van der Waals surface area contributed by atoms with Gasteiger partial charge in [-0.2, -0.15) is 5.10 Å². The Morgan fingerprint density at radius 3 is 2.54 bits per heavy atom. The molecule has 0 unspecified atom stereocenters. The number of hydrogen-bond donors (Lipinski definition) is 3. The van der Waals surface area contributed by atoms with E-state index in [2.05, 4.69) is 15.5 Å². The van der Waals surface area contributed by atoms with Crippen LogP contribution in [0.15, 0.2) is 29.1 Å². The summed E-state index contributed by atoms with van der Waals surface area (Å²) in [6.45, 7) is 2.81. The van der Waals surface area contributed by atoms with E-state index in [1.807, 2.05) is 5.32 Å². The summed E-state index contributed by atoms with van der Waals surface area (Å²) in [5.41, 5.74) is -0.560. The molecule has 9 heteroatoms. The van der Waals surface area contributed by atoms with Crippen molar-refractivity contribution >= 4 is 28.7 Å². The summed E-state index contributed by atoms with van der Waals surface area (Å²) >= 11 is 0. The molecule has 0 fully saturated rings. The Morgan fingerprint density at radius 1 is 1.21 bits per heavy atom. The number of rotatable bonds is 4. The topological polar surface area (TPSA) is 130 Å².